The number of nitrogens with zero attached hydrogens (tertiary/aromatic N) is 2. The summed E-state index contributed by atoms with van der Waals surface area (Å²) in [6.07, 6.45) is 2.69. The van der Waals surface area contributed by atoms with Crippen molar-refractivity contribution in [3.63, 3.8) is 0 Å². The van der Waals surface area contributed by atoms with Crippen molar-refractivity contribution in [3.8, 4) is 0 Å². The lowest BCUT2D eigenvalue weighted by Gasteiger charge is -2.25. The molecular formula is C22H34N4O4. The zero-order valence-electron chi connectivity index (χ0n) is 18.1. The van der Waals surface area contributed by atoms with Gasteiger partial charge in [0.05, 0.1) is 12.6 Å². The van der Waals surface area contributed by atoms with Crippen molar-refractivity contribution in [2.75, 3.05) is 39.4 Å². The van der Waals surface area contributed by atoms with Crippen molar-refractivity contribution in [2.45, 2.75) is 52.2 Å². The highest BCUT2D eigenvalue weighted by atomic mass is 17.2. The van der Waals surface area contributed by atoms with Gasteiger partial charge in [-0.1, -0.05) is 26.0 Å². The Bertz CT molecular complexity index is 715. The Morgan fingerprint density at radius 3 is 2.87 bits per heavy atom. The Morgan fingerprint density at radius 2 is 2.07 bits per heavy atom. The Labute approximate surface area is 178 Å². The van der Waals surface area contributed by atoms with E-state index in [1.807, 2.05) is 23.1 Å². The standard InChI is InChI=1S/C22H34N4O4/c1-3-25(4-2)11-6-10-23-22(28)24-14-17-8-9-20-18(13-17)15-26(21(20)27)19-7-5-12-29-30-16-19/h8-9,13,19H,3-7,10-12,14-16H2,1-2H3,(H2,23,24,28). The summed E-state index contributed by atoms with van der Waals surface area (Å²) < 4.78 is 0. The van der Waals surface area contributed by atoms with Crippen LogP contribution in [-0.2, 0) is 22.9 Å². The predicted octanol–water partition coefficient (Wildman–Crippen LogP) is 2.28. The second-order valence-electron chi connectivity index (χ2n) is 7.82. The van der Waals surface area contributed by atoms with E-state index in [1.54, 1.807) is 0 Å². The van der Waals surface area contributed by atoms with Crippen molar-refractivity contribution in [1.82, 2.24) is 20.4 Å². The van der Waals surface area contributed by atoms with E-state index in [-0.39, 0.29) is 18.0 Å². The third-order valence-electron chi connectivity index (χ3n) is 5.84. The lowest BCUT2D eigenvalue weighted by Crippen LogP contribution is -2.38. The minimum Gasteiger partial charge on any atom is -0.338 e. The molecule has 0 saturated carbocycles. The van der Waals surface area contributed by atoms with Gasteiger partial charge in [-0.2, -0.15) is 0 Å². The average Bonchev–Trinajstić information content (AvgIpc) is 2.93. The summed E-state index contributed by atoms with van der Waals surface area (Å²) in [5, 5.41) is 5.81. The molecule has 0 radical (unpaired) electrons. The first-order chi connectivity index (χ1) is 14.6. The van der Waals surface area contributed by atoms with Crippen LogP contribution in [0, 0.1) is 0 Å². The molecule has 1 aromatic rings. The number of urea groups is 1. The van der Waals surface area contributed by atoms with Gasteiger partial charge < -0.3 is 20.4 Å². The minimum absolute atomic E-state index is 0.0380. The maximum atomic E-state index is 12.8. The number of hydrogen-bond acceptors (Lipinski definition) is 5. The molecule has 1 aromatic carbocycles. The van der Waals surface area contributed by atoms with Crippen LogP contribution in [0.2, 0.25) is 0 Å². The van der Waals surface area contributed by atoms with Crippen molar-refractivity contribution >= 4 is 11.9 Å². The average molecular weight is 419 g/mol. The van der Waals surface area contributed by atoms with E-state index >= 15 is 0 Å². The molecular weight excluding hydrogens is 384 g/mol. The third kappa shape index (κ3) is 5.93. The van der Waals surface area contributed by atoms with E-state index in [2.05, 4.69) is 29.4 Å². The molecule has 0 aliphatic carbocycles. The molecule has 1 atom stereocenters. The first-order valence-corrected chi connectivity index (χ1v) is 11.0. The van der Waals surface area contributed by atoms with Gasteiger partial charge in [0.2, 0.25) is 0 Å². The largest absolute Gasteiger partial charge is 0.338 e. The molecule has 0 spiro atoms. The molecule has 8 nitrogen and oxygen atoms in total. The summed E-state index contributed by atoms with van der Waals surface area (Å²) in [5.41, 5.74) is 2.73. The zero-order chi connectivity index (χ0) is 21.3. The number of hydrogen-bond donors (Lipinski definition) is 2. The number of amides is 3. The van der Waals surface area contributed by atoms with E-state index in [1.165, 1.54) is 0 Å². The van der Waals surface area contributed by atoms with Crippen LogP contribution in [0.1, 0.15) is 54.6 Å². The first kappa shape index (κ1) is 22.5. The molecule has 30 heavy (non-hydrogen) atoms. The summed E-state index contributed by atoms with van der Waals surface area (Å²) >= 11 is 0. The maximum Gasteiger partial charge on any atom is 0.315 e. The molecule has 0 aromatic heterocycles. The van der Waals surface area contributed by atoms with Gasteiger partial charge in [-0.05, 0) is 56.1 Å². The lowest BCUT2D eigenvalue weighted by molar-refractivity contribution is -0.292. The molecule has 1 unspecified atom stereocenters. The fourth-order valence-corrected chi connectivity index (χ4v) is 3.98. The van der Waals surface area contributed by atoms with Crippen LogP contribution in [0.25, 0.3) is 0 Å². The molecule has 0 bridgehead atoms. The zero-order valence-corrected chi connectivity index (χ0v) is 18.1. The minimum atomic E-state index is -0.164. The van der Waals surface area contributed by atoms with Crippen molar-refractivity contribution in [2.24, 2.45) is 0 Å². The highest BCUT2D eigenvalue weighted by molar-refractivity contribution is 5.98. The highest BCUT2D eigenvalue weighted by Crippen LogP contribution is 2.28. The normalized spacial score (nSPS) is 19.0. The van der Waals surface area contributed by atoms with Gasteiger partial charge in [0.25, 0.3) is 5.91 Å². The Kier molecular flexibility index (Phi) is 8.48. The molecule has 2 heterocycles. The molecule has 2 N–H and O–H groups in total. The highest BCUT2D eigenvalue weighted by Gasteiger charge is 2.33. The Hall–Kier alpha value is -2.16. The van der Waals surface area contributed by atoms with Crippen molar-refractivity contribution < 1.29 is 19.4 Å². The van der Waals surface area contributed by atoms with Crippen LogP contribution < -0.4 is 10.6 Å². The van der Waals surface area contributed by atoms with Gasteiger partial charge in [-0.3, -0.25) is 4.79 Å². The fourth-order valence-electron chi connectivity index (χ4n) is 3.98. The summed E-state index contributed by atoms with van der Waals surface area (Å²) in [6.45, 7) is 9.98. The molecule has 1 saturated heterocycles. The summed E-state index contributed by atoms with van der Waals surface area (Å²) in [6, 6.07) is 5.67. The maximum absolute atomic E-state index is 12.8. The lowest BCUT2D eigenvalue weighted by atomic mass is 10.1. The van der Waals surface area contributed by atoms with E-state index in [0.717, 1.165) is 55.6 Å². The van der Waals surface area contributed by atoms with Crippen LogP contribution in [0.5, 0.6) is 0 Å². The van der Waals surface area contributed by atoms with Crippen molar-refractivity contribution in [1.29, 1.82) is 0 Å². The van der Waals surface area contributed by atoms with Gasteiger partial charge >= 0.3 is 6.03 Å². The van der Waals surface area contributed by atoms with Crippen LogP contribution in [0.4, 0.5) is 4.79 Å². The van der Waals surface area contributed by atoms with E-state index in [4.69, 9.17) is 9.78 Å². The quantitative estimate of drug-likeness (QED) is 0.475. The number of benzene rings is 1. The van der Waals surface area contributed by atoms with Gasteiger partial charge in [-0.15, -0.1) is 0 Å². The number of carbonyl (C=O) groups excluding carboxylic acids is 2. The van der Waals surface area contributed by atoms with E-state index in [9.17, 15) is 9.59 Å². The number of carbonyl (C=O) groups is 2. The molecule has 3 amide bonds. The fraction of sp³-hybridized carbons (Fsp3) is 0.636. The van der Waals surface area contributed by atoms with Gasteiger partial charge in [0.1, 0.15) is 6.61 Å². The van der Waals surface area contributed by atoms with Crippen LogP contribution in [0.15, 0.2) is 18.2 Å². The summed E-state index contributed by atoms with van der Waals surface area (Å²) in [4.78, 5) is 39.2. The van der Waals surface area contributed by atoms with Gasteiger partial charge in [0.15, 0.2) is 0 Å². The molecule has 1 fully saturated rings. The van der Waals surface area contributed by atoms with Crippen LogP contribution in [0.3, 0.4) is 0 Å². The van der Waals surface area contributed by atoms with E-state index in [0.29, 0.717) is 32.8 Å². The number of nitrogens with one attached hydrogen (secondary N) is 2. The smallest absolute Gasteiger partial charge is 0.315 e. The van der Waals surface area contributed by atoms with Crippen LogP contribution in [-0.4, -0.2) is 67.2 Å². The number of fused-ring (bicyclic) bond motifs is 1. The third-order valence-corrected chi connectivity index (χ3v) is 5.84. The molecule has 3 rings (SSSR count). The van der Waals surface area contributed by atoms with Crippen molar-refractivity contribution in [3.05, 3.63) is 34.9 Å². The molecule has 2 aliphatic rings. The van der Waals surface area contributed by atoms with Gasteiger partial charge in [0, 0.05) is 25.2 Å². The Balaban J connectivity index is 1.45. The number of rotatable bonds is 9. The summed E-state index contributed by atoms with van der Waals surface area (Å²) in [5.74, 6) is 0.0472. The van der Waals surface area contributed by atoms with Crippen LogP contribution >= 0.6 is 0 Å². The van der Waals surface area contributed by atoms with E-state index < -0.39 is 0 Å². The van der Waals surface area contributed by atoms with Gasteiger partial charge in [-0.25, -0.2) is 14.6 Å². The monoisotopic (exact) mass is 418 g/mol. The SMILES string of the molecule is CCN(CC)CCCNC(=O)NCc1ccc2c(c1)CN(C1CCCOOC1)C2=O. The summed E-state index contributed by atoms with van der Waals surface area (Å²) in [7, 11) is 0. The topological polar surface area (TPSA) is 83.1 Å². The molecule has 166 valence electrons. The second kappa shape index (κ2) is 11.3. The molecule has 2 aliphatic heterocycles. The molecule has 8 heteroatoms. The Morgan fingerprint density at radius 1 is 1.23 bits per heavy atom. The first-order valence-electron chi connectivity index (χ1n) is 11.0. The second-order valence-corrected chi connectivity index (χ2v) is 7.82. The predicted molar refractivity (Wildman–Crippen MR) is 114 cm³/mol.